The van der Waals surface area contributed by atoms with Crippen molar-refractivity contribution < 1.29 is 24.2 Å². The fourth-order valence-electron chi connectivity index (χ4n) is 1.37. The van der Waals surface area contributed by atoms with E-state index in [0.29, 0.717) is 23.2 Å². The highest BCUT2D eigenvalue weighted by molar-refractivity contribution is 7.96. The van der Waals surface area contributed by atoms with Gasteiger partial charge >= 0.3 is 5.30 Å². The van der Waals surface area contributed by atoms with Crippen LogP contribution in [0.1, 0.15) is 16.7 Å². The van der Waals surface area contributed by atoms with E-state index in [1.54, 1.807) is 18.2 Å². The Labute approximate surface area is 104 Å². The first-order valence-corrected chi connectivity index (χ1v) is 5.24. The number of thiol groups is 1. The second-order valence-corrected chi connectivity index (χ2v) is 3.64. The average molecular weight is 256 g/mol. The number of carbonyl (C=O) groups is 2. The van der Waals surface area contributed by atoms with E-state index in [9.17, 15) is 9.59 Å². The standard InChI is InChI=1S/C11H12O5S/c12-4-8-1-9(5-15-7-13)3-10(2-8)6-16-11(14)17/h1-3,7,12H,4-6H2,(H,14,17). The second kappa shape index (κ2) is 6.93. The summed E-state index contributed by atoms with van der Waals surface area (Å²) in [5.41, 5.74) is 2.07. The molecule has 0 heterocycles. The Morgan fingerprint density at radius 1 is 1.24 bits per heavy atom. The van der Waals surface area contributed by atoms with Crippen molar-refractivity contribution >= 4 is 24.4 Å². The quantitative estimate of drug-likeness (QED) is 0.457. The maximum absolute atomic E-state index is 10.6. The minimum absolute atomic E-state index is 0.0598. The summed E-state index contributed by atoms with van der Waals surface area (Å²) in [5.74, 6) is 0. The Bertz CT molecular complexity index is 405. The van der Waals surface area contributed by atoms with E-state index in [-0.39, 0.29) is 19.8 Å². The van der Waals surface area contributed by atoms with Crippen molar-refractivity contribution in [2.24, 2.45) is 0 Å². The fraction of sp³-hybridized carbons (Fsp3) is 0.273. The minimum Gasteiger partial charge on any atom is -0.463 e. The van der Waals surface area contributed by atoms with E-state index < -0.39 is 5.30 Å². The maximum atomic E-state index is 10.6. The van der Waals surface area contributed by atoms with Crippen LogP contribution in [-0.4, -0.2) is 16.9 Å². The maximum Gasteiger partial charge on any atom is 0.364 e. The summed E-state index contributed by atoms with van der Waals surface area (Å²) in [4.78, 5) is 20.6. The topological polar surface area (TPSA) is 72.8 Å². The molecule has 1 rings (SSSR count). The van der Waals surface area contributed by atoms with Crippen LogP contribution in [0, 0.1) is 0 Å². The molecule has 0 bridgehead atoms. The number of carbonyl (C=O) groups excluding carboxylic acids is 2. The van der Waals surface area contributed by atoms with Gasteiger partial charge in [-0.25, -0.2) is 4.79 Å². The third kappa shape index (κ3) is 4.88. The number of hydrogen-bond donors (Lipinski definition) is 2. The number of benzene rings is 1. The zero-order valence-corrected chi connectivity index (χ0v) is 9.85. The van der Waals surface area contributed by atoms with Crippen LogP contribution < -0.4 is 0 Å². The summed E-state index contributed by atoms with van der Waals surface area (Å²) in [7, 11) is 0. The first-order valence-electron chi connectivity index (χ1n) is 4.79. The van der Waals surface area contributed by atoms with Crippen LogP contribution in [0.4, 0.5) is 4.79 Å². The second-order valence-electron chi connectivity index (χ2n) is 3.28. The van der Waals surface area contributed by atoms with Crippen LogP contribution in [-0.2, 0) is 34.1 Å². The molecule has 0 aromatic heterocycles. The Kier molecular flexibility index (Phi) is 5.51. The molecule has 5 nitrogen and oxygen atoms in total. The molecule has 1 aromatic rings. The van der Waals surface area contributed by atoms with Crippen LogP contribution in [0.2, 0.25) is 0 Å². The minimum atomic E-state index is -0.676. The van der Waals surface area contributed by atoms with Gasteiger partial charge in [-0.15, -0.1) is 0 Å². The largest absolute Gasteiger partial charge is 0.463 e. The van der Waals surface area contributed by atoms with E-state index in [1.165, 1.54) is 0 Å². The molecular formula is C11H12O5S. The van der Waals surface area contributed by atoms with Crippen LogP contribution >= 0.6 is 12.6 Å². The summed E-state index contributed by atoms with van der Waals surface area (Å²) in [5, 5.41) is 8.38. The molecule has 0 unspecified atom stereocenters. The lowest BCUT2D eigenvalue weighted by Gasteiger charge is -2.08. The number of hydrogen-bond acceptors (Lipinski definition) is 5. The van der Waals surface area contributed by atoms with Gasteiger partial charge in [0, 0.05) is 0 Å². The molecule has 1 aromatic carbocycles. The molecule has 0 aliphatic carbocycles. The van der Waals surface area contributed by atoms with Crippen molar-refractivity contribution in [3.05, 3.63) is 34.9 Å². The highest BCUT2D eigenvalue weighted by atomic mass is 32.1. The van der Waals surface area contributed by atoms with Crippen LogP contribution in [0.3, 0.4) is 0 Å². The third-order valence-electron chi connectivity index (χ3n) is 1.98. The van der Waals surface area contributed by atoms with Crippen LogP contribution in [0.25, 0.3) is 0 Å². The molecule has 0 amide bonds. The molecule has 17 heavy (non-hydrogen) atoms. The number of ether oxygens (including phenoxy) is 2. The van der Waals surface area contributed by atoms with Gasteiger partial charge in [-0.05, 0) is 22.8 Å². The molecule has 92 valence electrons. The number of rotatable bonds is 6. The summed E-state index contributed by atoms with van der Waals surface area (Å²) in [6, 6.07) is 5.12. The molecule has 6 heteroatoms. The summed E-state index contributed by atoms with van der Waals surface area (Å²) >= 11 is 3.48. The van der Waals surface area contributed by atoms with Crippen molar-refractivity contribution in [2.75, 3.05) is 0 Å². The first kappa shape index (κ1) is 13.5. The van der Waals surface area contributed by atoms with E-state index in [2.05, 4.69) is 17.4 Å². The van der Waals surface area contributed by atoms with E-state index >= 15 is 0 Å². The molecule has 0 saturated carbocycles. The van der Waals surface area contributed by atoms with Gasteiger partial charge < -0.3 is 14.6 Å². The van der Waals surface area contributed by atoms with Crippen molar-refractivity contribution in [1.29, 1.82) is 0 Å². The van der Waals surface area contributed by atoms with Crippen LogP contribution in [0.15, 0.2) is 18.2 Å². The predicted octanol–water partition coefficient (Wildman–Crippen LogP) is 1.42. The predicted molar refractivity (Wildman–Crippen MR) is 62.4 cm³/mol. The van der Waals surface area contributed by atoms with Crippen molar-refractivity contribution in [3.63, 3.8) is 0 Å². The van der Waals surface area contributed by atoms with Gasteiger partial charge in [-0.1, -0.05) is 24.8 Å². The van der Waals surface area contributed by atoms with E-state index in [4.69, 9.17) is 9.84 Å². The molecular weight excluding hydrogens is 244 g/mol. The van der Waals surface area contributed by atoms with Gasteiger partial charge in [-0.3, -0.25) is 4.79 Å². The highest BCUT2D eigenvalue weighted by Gasteiger charge is 2.03. The molecule has 0 saturated heterocycles. The molecule has 0 atom stereocenters. The normalized spacial score (nSPS) is 9.76. The van der Waals surface area contributed by atoms with Gasteiger partial charge in [0.1, 0.15) is 13.2 Å². The van der Waals surface area contributed by atoms with E-state index in [0.717, 1.165) is 0 Å². The van der Waals surface area contributed by atoms with Gasteiger partial charge in [0.25, 0.3) is 6.47 Å². The summed E-state index contributed by atoms with van der Waals surface area (Å²) in [6.07, 6.45) is 0. The van der Waals surface area contributed by atoms with Crippen molar-refractivity contribution in [2.45, 2.75) is 19.8 Å². The Hall–Kier alpha value is -1.53. The van der Waals surface area contributed by atoms with Gasteiger partial charge in [-0.2, -0.15) is 0 Å². The zero-order valence-electron chi connectivity index (χ0n) is 8.96. The van der Waals surface area contributed by atoms with Gasteiger partial charge in [0.2, 0.25) is 0 Å². The lowest BCUT2D eigenvalue weighted by Crippen LogP contribution is -1.99. The first-order chi connectivity index (χ1) is 8.15. The third-order valence-corrected chi connectivity index (χ3v) is 2.10. The summed E-state index contributed by atoms with van der Waals surface area (Å²) < 4.78 is 9.33. The monoisotopic (exact) mass is 256 g/mol. The van der Waals surface area contributed by atoms with Gasteiger partial charge in [0.15, 0.2) is 0 Å². The fourth-order valence-corrected chi connectivity index (χ4v) is 1.44. The molecule has 0 radical (unpaired) electrons. The van der Waals surface area contributed by atoms with Crippen molar-refractivity contribution in [1.82, 2.24) is 0 Å². The Balaban J connectivity index is 2.80. The number of aliphatic hydroxyl groups is 1. The highest BCUT2D eigenvalue weighted by Crippen LogP contribution is 2.13. The smallest absolute Gasteiger partial charge is 0.364 e. The van der Waals surface area contributed by atoms with Crippen molar-refractivity contribution in [3.8, 4) is 0 Å². The van der Waals surface area contributed by atoms with Gasteiger partial charge in [0.05, 0.1) is 6.61 Å². The average Bonchev–Trinajstić information content (AvgIpc) is 2.33. The van der Waals surface area contributed by atoms with Crippen LogP contribution in [0.5, 0.6) is 0 Å². The Morgan fingerprint density at radius 3 is 2.35 bits per heavy atom. The molecule has 1 N–H and O–H groups in total. The van der Waals surface area contributed by atoms with E-state index in [1.807, 2.05) is 0 Å². The molecule has 0 aliphatic rings. The molecule has 0 spiro atoms. The summed E-state index contributed by atoms with van der Waals surface area (Å²) in [6.45, 7) is 0.374. The molecule has 0 fully saturated rings. The number of aliphatic hydroxyl groups excluding tert-OH is 1. The molecule has 0 aliphatic heterocycles. The SMILES string of the molecule is O=COCc1cc(CO)cc(COC(=O)S)c1. The lowest BCUT2D eigenvalue weighted by molar-refractivity contribution is -0.129. The Morgan fingerprint density at radius 2 is 1.82 bits per heavy atom. The zero-order chi connectivity index (χ0) is 12.7. The lowest BCUT2D eigenvalue weighted by atomic mass is 10.1.